The highest BCUT2D eigenvalue weighted by Crippen LogP contribution is 2.31. The lowest BCUT2D eigenvalue weighted by atomic mass is 9.85. The number of nitrogens with zero attached hydrogens (tertiary/aromatic N) is 2. The Labute approximate surface area is 154 Å². The number of aryl methyl sites for hydroxylation is 1. The molecule has 0 radical (unpaired) electrons. The zero-order valence-electron chi connectivity index (χ0n) is 15.8. The van der Waals surface area contributed by atoms with E-state index in [2.05, 4.69) is 4.98 Å². The molecule has 1 aromatic carbocycles. The first-order valence-corrected chi connectivity index (χ1v) is 8.90. The van der Waals surface area contributed by atoms with Crippen molar-refractivity contribution in [1.29, 1.82) is 5.41 Å². The highest BCUT2D eigenvalue weighted by Gasteiger charge is 2.28. The summed E-state index contributed by atoms with van der Waals surface area (Å²) in [4.78, 5) is 19.1. The van der Waals surface area contributed by atoms with E-state index >= 15 is 0 Å². The Morgan fingerprint density at radius 2 is 2.00 bits per heavy atom. The summed E-state index contributed by atoms with van der Waals surface area (Å²) < 4.78 is 0. The van der Waals surface area contributed by atoms with Crippen LogP contribution >= 0.6 is 0 Å². The molecule has 0 aliphatic carbocycles. The molecule has 1 aliphatic heterocycles. The van der Waals surface area contributed by atoms with Gasteiger partial charge in [0, 0.05) is 23.4 Å². The van der Waals surface area contributed by atoms with Crippen molar-refractivity contribution in [3.8, 4) is 5.75 Å². The number of ketones is 1. The number of hydrogen-bond acceptors (Lipinski definition) is 4. The van der Waals surface area contributed by atoms with Crippen LogP contribution in [0.4, 0.5) is 0 Å². The molecule has 2 heterocycles. The number of Topliss-reactive ketones (excluding diaryl/α,β-unsaturated/α-hetero) is 1. The Bertz CT molecular complexity index is 881. The largest absolute Gasteiger partial charge is 0.508 e. The van der Waals surface area contributed by atoms with Gasteiger partial charge in [0.1, 0.15) is 17.3 Å². The van der Waals surface area contributed by atoms with Gasteiger partial charge in [0.15, 0.2) is 5.78 Å². The monoisotopic (exact) mass is 351 g/mol. The minimum atomic E-state index is -0.253. The van der Waals surface area contributed by atoms with E-state index in [0.29, 0.717) is 23.6 Å². The van der Waals surface area contributed by atoms with Crippen LogP contribution in [0.5, 0.6) is 5.75 Å². The molecule has 0 unspecified atom stereocenters. The zero-order valence-corrected chi connectivity index (χ0v) is 15.8. The Morgan fingerprint density at radius 1 is 1.27 bits per heavy atom. The van der Waals surface area contributed by atoms with Gasteiger partial charge in [-0.25, -0.2) is 4.98 Å². The van der Waals surface area contributed by atoms with Gasteiger partial charge in [-0.15, -0.1) is 0 Å². The lowest BCUT2D eigenvalue weighted by Gasteiger charge is -2.22. The number of aromatic hydroxyl groups is 1. The van der Waals surface area contributed by atoms with Crippen molar-refractivity contribution < 1.29 is 9.90 Å². The number of rotatable bonds is 4. The van der Waals surface area contributed by atoms with E-state index in [1.165, 1.54) is 0 Å². The predicted octanol–water partition coefficient (Wildman–Crippen LogP) is 3.67. The molecule has 136 valence electrons. The van der Waals surface area contributed by atoms with Crippen LogP contribution in [0.15, 0.2) is 30.3 Å². The average Bonchev–Trinajstić information content (AvgIpc) is 2.89. The SMILES string of the molecule is CCc1ccc2c(n1)C(=N)N(CC(=O)c1ccc(O)c(C(C)(C)C)c1)C2. The van der Waals surface area contributed by atoms with Crippen molar-refractivity contribution in [3.05, 3.63) is 58.4 Å². The van der Waals surface area contributed by atoms with Gasteiger partial charge in [-0.1, -0.05) is 33.8 Å². The Balaban J connectivity index is 1.80. The lowest BCUT2D eigenvalue weighted by Crippen LogP contribution is -2.30. The Kier molecular flexibility index (Phi) is 4.57. The molecule has 1 aliphatic rings. The van der Waals surface area contributed by atoms with Gasteiger partial charge in [0.05, 0.1) is 6.54 Å². The van der Waals surface area contributed by atoms with Crippen molar-refractivity contribution in [2.45, 2.75) is 46.1 Å². The van der Waals surface area contributed by atoms with Gasteiger partial charge < -0.3 is 10.0 Å². The van der Waals surface area contributed by atoms with Crippen molar-refractivity contribution in [2.75, 3.05) is 6.54 Å². The third kappa shape index (κ3) is 3.34. The van der Waals surface area contributed by atoms with Crippen LogP contribution in [0.2, 0.25) is 0 Å². The van der Waals surface area contributed by atoms with Gasteiger partial charge >= 0.3 is 0 Å². The van der Waals surface area contributed by atoms with Crippen LogP contribution in [0.25, 0.3) is 0 Å². The fraction of sp³-hybridized carbons (Fsp3) is 0.381. The van der Waals surface area contributed by atoms with Crippen molar-refractivity contribution in [3.63, 3.8) is 0 Å². The Hall–Kier alpha value is -2.69. The van der Waals surface area contributed by atoms with Crippen molar-refractivity contribution >= 4 is 11.6 Å². The van der Waals surface area contributed by atoms with Crippen molar-refractivity contribution in [2.24, 2.45) is 0 Å². The van der Waals surface area contributed by atoms with E-state index in [1.54, 1.807) is 23.1 Å². The van der Waals surface area contributed by atoms with Gasteiger partial charge in [-0.3, -0.25) is 10.2 Å². The second-order valence-electron chi connectivity index (χ2n) is 7.77. The molecule has 26 heavy (non-hydrogen) atoms. The highest BCUT2D eigenvalue weighted by atomic mass is 16.3. The van der Waals surface area contributed by atoms with E-state index in [-0.39, 0.29) is 23.5 Å². The van der Waals surface area contributed by atoms with Crippen LogP contribution in [-0.2, 0) is 18.4 Å². The van der Waals surface area contributed by atoms with Gasteiger partial charge in [-0.2, -0.15) is 0 Å². The summed E-state index contributed by atoms with van der Waals surface area (Å²) in [5.41, 5.74) is 3.67. The van der Waals surface area contributed by atoms with Gasteiger partial charge in [0.2, 0.25) is 0 Å². The van der Waals surface area contributed by atoms with Crippen LogP contribution in [0.1, 0.15) is 60.6 Å². The van der Waals surface area contributed by atoms with E-state index in [1.807, 2.05) is 39.8 Å². The molecular weight excluding hydrogens is 326 g/mol. The molecule has 0 fully saturated rings. The summed E-state index contributed by atoms with van der Waals surface area (Å²) in [7, 11) is 0. The topological polar surface area (TPSA) is 77.3 Å². The van der Waals surface area contributed by atoms with Crippen LogP contribution in [0, 0.1) is 5.41 Å². The summed E-state index contributed by atoms with van der Waals surface area (Å²) >= 11 is 0. The molecule has 2 aromatic rings. The Morgan fingerprint density at radius 3 is 2.65 bits per heavy atom. The standard InChI is InChI=1S/C21H25N3O2/c1-5-15-8-6-14-11-24(20(22)19(14)23-15)12-18(26)13-7-9-17(25)16(10-13)21(2,3)4/h6-10,22,25H,5,11-12H2,1-4H3. The van der Waals surface area contributed by atoms with Crippen LogP contribution in [0.3, 0.4) is 0 Å². The maximum absolute atomic E-state index is 12.8. The molecule has 0 saturated heterocycles. The number of fused-ring (bicyclic) bond motifs is 1. The number of amidine groups is 1. The molecule has 0 spiro atoms. The number of pyridine rings is 1. The smallest absolute Gasteiger partial charge is 0.182 e. The molecule has 0 atom stereocenters. The molecular formula is C21H25N3O2. The van der Waals surface area contributed by atoms with E-state index in [4.69, 9.17) is 5.41 Å². The molecule has 3 rings (SSSR count). The molecule has 0 amide bonds. The normalized spacial score (nSPS) is 13.8. The lowest BCUT2D eigenvalue weighted by molar-refractivity contribution is 0.0962. The fourth-order valence-corrected chi connectivity index (χ4v) is 3.20. The number of aromatic nitrogens is 1. The second kappa shape index (κ2) is 6.56. The van der Waals surface area contributed by atoms with E-state index in [9.17, 15) is 9.90 Å². The first kappa shape index (κ1) is 18.1. The first-order chi connectivity index (χ1) is 12.2. The summed E-state index contributed by atoms with van der Waals surface area (Å²) in [5.74, 6) is 0.439. The maximum Gasteiger partial charge on any atom is 0.182 e. The number of benzene rings is 1. The predicted molar refractivity (Wildman–Crippen MR) is 102 cm³/mol. The van der Waals surface area contributed by atoms with Crippen LogP contribution in [-0.4, -0.2) is 33.2 Å². The zero-order chi connectivity index (χ0) is 19.1. The molecule has 5 heteroatoms. The molecule has 1 aromatic heterocycles. The fourth-order valence-electron chi connectivity index (χ4n) is 3.20. The number of nitrogens with one attached hydrogen (secondary N) is 1. The molecule has 0 saturated carbocycles. The number of carbonyl (C=O) groups is 1. The van der Waals surface area contributed by atoms with Crippen molar-refractivity contribution in [1.82, 2.24) is 9.88 Å². The van der Waals surface area contributed by atoms with Gasteiger partial charge in [0.25, 0.3) is 0 Å². The molecule has 0 bridgehead atoms. The number of carbonyl (C=O) groups excluding carboxylic acids is 1. The van der Waals surface area contributed by atoms with E-state index in [0.717, 1.165) is 23.2 Å². The number of phenolic OH excluding ortho intramolecular Hbond substituents is 1. The molecule has 5 nitrogen and oxygen atoms in total. The third-order valence-corrected chi connectivity index (χ3v) is 4.76. The molecule has 2 N–H and O–H groups in total. The number of phenols is 1. The maximum atomic E-state index is 12.8. The van der Waals surface area contributed by atoms with E-state index < -0.39 is 0 Å². The third-order valence-electron chi connectivity index (χ3n) is 4.76. The summed E-state index contributed by atoms with van der Waals surface area (Å²) in [6.45, 7) is 8.69. The summed E-state index contributed by atoms with van der Waals surface area (Å²) in [6.07, 6.45) is 0.822. The number of hydrogen-bond donors (Lipinski definition) is 2. The quantitative estimate of drug-likeness (QED) is 0.824. The summed E-state index contributed by atoms with van der Waals surface area (Å²) in [5, 5.41) is 18.4. The minimum absolute atomic E-state index is 0.0660. The highest BCUT2D eigenvalue weighted by molar-refractivity contribution is 6.04. The first-order valence-electron chi connectivity index (χ1n) is 8.90. The second-order valence-corrected chi connectivity index (χ2v) is 7.77. The van der Waals surface area contributed by atoms with Crippen LogP contribution < -0.4 is 0 Å². The van der Waals surface area contributed by atoms with Gasteiger partial charge in [-0.05, 0) is 41.7 Å². The minimum Gasteiger partial charge on any atom is -0.508 e. The summed E-state index contributed by atoms with van der Waals surface area (Å²) in [6, 6.07) is 8.96. The average molecular weight is 351 g/mol.